The fraction of sp³-hybridized carbons (Fsp3) is 0.240. The molecule has 1 N–H and O–H groups in total. The molecule has 0 bridgehead atoms. The predicted molar refractivity (Wildman–Crippen MR) is 115 cm³/mol. The van der Waals surface area contributed by atoms with Crippen molar-refractivity contribution in [1.82, 2.24) is 5.32 Å². The molecule has 28 heavy (non-hydrogen) atoms. The van der Waals surface area contributed by atoms with E-state index in [1.807, 2.05) is 30.3 Å². The molecule has 1 aliphatic heterocycles. The first-order valence-corrected chi connectivity index (χ1v) is 10.0. The zero-order valence-corrected chi connectivity index (χ0v) is 16.3. The first-order valence-electron chi connectivity index (χ1n) is 10.0. The van der Waals surface area contributed by atoms with Crippen molar-refractivity contribution in [2.45, 2.75) is 32.4 Å². The molecule has 1 aliphatic rings. The molecular weight excluding hydrogens is 344 g/mol. The summed E-state index contributed by atoms with van der Waals surface area (Å²) in [5, 5.41) is 3.16. The van der Waals surface area contributed by atoms with Gasteiger partial charge in [-0.25, -0.2) is 0 Å². The smallest absolute Gasteiger partial charge is 0.251 e. The topological polar surface area (TPSA) is 32.3 Å². The molecule has 0 aromatic heterocycles. The van der Waals surface area contributed by atoms with Gasteiger partial charge in [-0.15, -0.1) is 0 Å². The van der Waals surface area contributed by atoms with Crippen molar-refractivity contribution in [2.24, 2.45) is 0 Å². The highest BCUT2D eigenvalue weighted by Crippen LogP contribution is 2.28. The van der Waals surface area contributed by atoms with Crippen LogP contribution in [-0.4, -0.2) is 12.5 Å². The second-order valence-corrected chi connectivity index (χ2v) is 7.34. The average Bonchev–Trinajstić information content (AvgIpc) is 3.16. The number of benzene rings is 3. The summed E-state index contributed by atoms with van der Waals surface area (Å²) in [5.74, 6) is -0.0197. The minimum Gasteiger partial charge on any atom is -0.367 e. The molecule has 1 heterocycles. The minimum absolute atomic E-state index is 0.0197. The van der Waals surface area contributed by atoms with E-state index >= 15 is 0 Å². The number of amides is 1. The van der Waals surface area contributed by atoms with Gasteiger partial charge < -0.3 is 10.2 Å². The van der Waals surface area contributed by atoms with E-state index in [0.29, 0.717) is 5.56 Å². The fourth-order valence-corrected chi connectivity index (χ4v) is 3.90. The van der Waals surface area contributed by atoms with Crippen LogP contribution < -0.4 is 10.2 Å². The second-order valence-electron chi connectivity index (χ2n) is 7.34. The third kappa shape index (κ3) is 3.94. The number of hydrogen-bond donors (Lipinski definition) is 1. The van der Waals surface area contributed by atoms with E-state index < -0.39 is 0 Å². The number of nitrogens with one attached hydrogen (secondary N) is 1. The van der Waals surface area contributed by atoms with Gasteiger partial charge in [0.1, 0.15) is 0 Å². The maximum Gasteiger partial charge on any atom is 0.251 e. The van der Waals surface area contributed by atoms with Crippen LogP contribution in [0.25, 0.3) is 0 Å². The Kier molecular flexibility index (Phi) is 5.43. The number of para-hydroxylation sites is 1. The average molecular weight is 370 g/mol. The van der Waals surface area contributed by atoms with Crippen LogP contribution in [0.3, 0.4) is 0 Å². The lowest BCUT2D eigenvalue weighted by atomic mass is 10.0. The van der Waals surface area contributed by atoms with E-state index in [-0.39, 0.29) is 11.9 Å². The van der Waals surface area contributed by atoms with Gasteiger partial charge in [-0.3, -0.25) is 4.79 Å². The molecule has 3 aromatic rings. The third-order valence-electron chi connectivity index (χ3n) is 5.49. The summed E-state index contributed by atoms with van der Waals surface area (Å²) in [6.45, 7) is 4.02. The molecule has 0 spiro atoms. The van der Waals surface area contributed by atoms with E-state index in [4.69, 9.17) is 0 Å². The maximum absolute atomic E-state index is 12.7. The second kappa shape index (κ2) is 8.30. The van der Waals surface area contributed by atoms with Crippen LogP contribution in [-0.2, 0) is 13.0 Å². The normalized spacial score (nSPS) is 13.8. The summed E-state index contributed by atoms with van der Waals surface area (Å²) in [6.07, 6.45) is 1.97. The highest BCUT2D eigenvalue weighted by molar-refractivity contribution is 5.94. The van der Waals surface area contributed by atoms with Gasteiger partial charge >= 0.3 is 0 Å². The monoisotopic (exact) mass is 370 g/mol. The number of fused-ring (bicyclic) bond motifs is 1. The highest BCUT2D eigenvalue weighted by atomic mass is 16.1. The molecule has 1 atom stereocenters. The first-order chi connectivity index (χ1) is 13.7. The van der Waals surface area contributed by atoms with E-state index in [1.165, 1.54) is 16.8 Å². The number of carbonyl (C=O) groups excluding carboxylic acids is 1. The molecule has 0 saturated carbocycles. The van der Waals surface area contributed by atoms with Gasteiger partial charge in [0, 0.05) is 24.3 Å². The van der Waals surface area contributed by atoms with Gasteiger partial charge in [-0.1, -0.05) is 67.6 Å². The van der Waals surface area contributed by atoms with Gasteiger partial charge in [-0.05, 0) is 47.7 Å². The summed E-state index contributed by atoms with van der Waals surface area (Å²) < 4.78 is 0. The zero-order chi connectivity index (χ0) is 19.3. The van der Waals surface area contributed by atoms with Crippen molar-refractivity contribution in [3.8, 4) is 0 Å². The molecule has 0 aliphatic carbocycles. The number of nitrogens with zero attached hydrogens (tertiary/aromatic N) is 1. The highest BCUT2D eigenvalue weighted by Gasteiger charge is 2.18. The lowest BCUT2D eigenvalue weighted by Gasteiger charge is -2.20. The number of rotatable bonds is 6. The molecule has 3 heteroatoms. The van der Waals surface area contributed by atoms with Crippen molar-refractivity contribution < 1.29 is 4.79 Å². The van der Waals surface area contributed by atoms with Gasteiger partial charge in [0.15, 0.2) is 0 Å². The lowest BCUT2D eigenvalue weighted by Crippen LogP contribution is -2.28. The van der Waals surface area contributed by atoms with Crippen LogP contribution in [0.5, 0.6) is 0 Å². The van der Waals surface area contributed by atoms with E-state index in [0.717, 1.165) is 31.5 Å². The number of carbonyl (C=O) groups is 1. The first kappa shape index (κ1) is 18.3. The molecule has 1 amide bonds. The Hall–Kier alpha value is -3.07. The van der Waals surface area contributed by atoms with E-state index in [9.17, 15) is 4.79 Å². The number of hydrogen-bond acceptors (Lipinski definition) is 2. The van der Waals surface area contributed by atoms with Crippen molar-refractivity contribution in [3.63, 3.8) is 0 Å². The Morgan fingerprint density at radius 1 is 0.964 bits per heavy atom. The SMILES string of the molecule is CC[C@@H](NC(=O)c1ccc(CN2CCc3ccccc32)cc1)c1ccccc1. The Morgan fingerprint density at radius 3 is 2.43 bits per heavy atom. The van der Waals surface area contributed by atoms with E-state index in [1.54, 1.807) is 0 Å². The Balaban J connectivity index is 1.41. The van der Waals surface area contributed by atoms with Crippen molar-refractivity contribution in [1.29, 1.82) is 0 Å². The predicted octanol–water partition coefficient (Wildman–Crippen LogP) is 5.13. The third-order valence-corrected chi connectivity index (χ3v) is 5.49. The Bertz CT molecular complexity index is 934. The molecule has 3 nitrogen and oxygen atoms in total. The number of anilines is 1. The standard InChI is InChI=1S/C25H26N2O/c1-2-23(20-8-4-3-5-9-20)26-25(28)22-14-12-19(13-15-22)18-27-17-16-21-10-6-7-11-24(21)27/h3-15,23H,2,16-18H2,1H3,(H,26,28)/t23-/m1/s1. The minimum atomic E-state index is -0.0197. The summed E-state index contributed by atoms with van der Waals surface area (Å²) in [4.78, 5) is 15.1. The van der Waals surface area contributed by atoms with Gasteiger partial charge in [0.2, 0.25) is 0 Å². The van der Waals surface area contributed by atoms with Crippen molar-refractivity contribution >= 4 is 11.6 Å². The van der Waals surface area contributed by atoms with Crippen LogP contribution in [0, 0.1) is 0 Å². The van der Waals surface area contributed by atoms with Crippen LogP contribution in [0.1, 0.15) is 46.4 Å². The maximum atomic E-state index is 12.7. The summed E-state index contributed by atoms with van der Waals surface area (Å²) in [7, 11) is 0. The molecule has 4 rings (SSSR count). The van der Waals surface area contributed by atoms with Crippen LogP contribution in [0.2, 0.25) is 0 Å². The van der Waals surface area contributed by atoms with Crippen LogP contribution in [0.15, 0.2) is 78.9 Å². The molecule has 0 fully saturated rings. The fourth-order valence-electron chi connectivity index (χ4n) is 3.90. The quantitative estimate of drug-likeness (QED) is 0.652. The van der Waals surface area contributed by atoms with Crippen LogP contribution in [0.4, 0.5) is 5.69 Å². The summed E-state index contributed by atoms with van der Waals surface area (Å²) in [5.41, 5.74) is 5.83. The van der Waals surface area contributed by atoms with Crippen molar-refractivity contribution in [3.05, 3.63) is 101 Å². The molecule has 0 unspecified atom stereocenters. The summed E-state index contributed by atoms with van der Waals surface area (Å²) in [6, 6.07) is 26.8. The molecular formula is C25H26N2O. The summed E-state index contributed by atoms with van der Waals surface area (Å²) >= 11 is 0. The Morgan fingerprint density at radius 2 is 1.68 bits per heavy atom. The van der Waals surface area contributed by atoms with Gasteiger partial charge in [0.05, 0.1) is 6.04 Å². The zero-order valence-electron chi connectivity index (χ0n) is 16.3. The van der Waals surface area contributed by atoms with Gasteiger partial charge in [-0.2, -0.15) is 0 Å². The van der Waals surface area contributed by atoms with E-state index in [2.05, 4.69) is 65.7 Å². The molecule has 0 radical (unpaired) electrons. The largest absolute Gasteiger partial charge is 0.367 e. The molecule has 0 saturated heterocycles. The lowest BCUT2D eigenvalue weighted by molar-refractivity contribution is 0.0935. The Labute approximate surface area is 167 Å². The van der Waals surface area contributed by atoms with Crippen molar-refractivity contribution in [2.75, 3.05) is 11.4 Å². The van der Waals surface area contributed by atoms with Crippen LogP contribution >= 0.6 is 0 Å². The molecule has 142 valence electrons. The van der Waals surface area contributed by atoms with Gasteiger partial charge in [0.25, 0.3) is 5.91 Å². The molecule has 3 aromatic carbocycles.